The van der Waals surface area contributed by atoms with Crippen LogP contribution in [0.25, 0.3) is 0 Å². The fourth-order valence-corrected chi connectivity index (χ4v) is 0.287. The average Bonchev–Trinajstić information content (AvgIpc) is 2.22. The number of hydrogen-bond acceptors (Lipinski definition) is 4. The second-order valence-corrected chi connectivity index (χ2v) is 2.45. The Kier molecular flexibility index (Phi) is 14.0. The number of ketones is 2. The summed E-state index contributed by atoms with van der Waals surface area (Å²) in [5, 5.41) is 0. The van der Waals surface area contributed by atoms with Gasteiger partial charge in [0.05, 0.1) is 12.6 Å². The Morgan fingerprint density at radius 1 is 1.36 bits per heavy atom. The lowest BCUT2D eigenvalue weighted by Crippen LogP contribution is -2.26. The Labute approximate surface area is 90.0 Å². The molecule has 0 heterocycles. The zero-order chi connectivity index (χ0) is 13.6. The van der Waals surface area contributed by atoms with E-state index in [4.69, 9.17) is 2.82 Å². The minimum Gasteiger partial charge on any atom is -0.324 e. The summed E-state index contributed by atoms with van der Waals surface area (Å²) in [6, 6.07) is -0.269. The molecule has 0 radical (unpaired) electrons. The second kappa shape index (κ2) is 14.8. The van der Waals surface area contributed by atoms with Crippen molar-refractivity contribution in [2.24, 2.45) is 11.5 Å². The number of carbonyl (C=O) groups excluding carboxylic acids is 2. The molecule has 4 nitrogen and oxygen atoms in total. The number of rotatable bonds is 5. The molecule has 1 unspecified atom stereocenters. The fraction of sp³-hybridized carbons (Fsp3) is 0.800. The van der Waals surface area contributed by atoms with Crippen LogP contribution in [0.3, 0.4) is 0 Å². The largest absolute Gasteiger partial charge is 0.324 e. The average molecular weight is 206 g/mol. The van der Waals surface area contributed by atoms with E-state index in [0.29, 0.717) is 6.42 Å². The molecule has 0 fully saturated rings. The molecule has 1 atom stereocenters. The quantitative estimate of drug-likeness (QED) is 0.699. The molecule has 0 rings (SSSR count). The molecule has 14 heavy (non-hydrogen) atoms. The SMILES string of the molecule is CC.[2H]NC(CC)C(C)=O.[2H]NCC(C)=O. The lowest BCUT2D eigenvalue weighted by molar-refractivity contribution is -0.118. The molecule has 0 spiro atoms. The van der Waals surface area contributed by atoms with Crippen molar-refractivity contribution in [3.05, 3.63) is 0 Å². The highest BCUT2D eigenvalue weighted by Crippen LogP contribution is 1.84. The highest BCUT2D eigenvalue weighted by molar-refractivity contribution is 5.80. The van der Waals surface area contributed by atoms with Gasteiger partial charge in [0.1, 0.15) is 14.4 Å². The normalized spacial score (nSPS) is 11.8. The van der Waals surface area contributed by atoms with Crippen molar-refractivity contribution in [1.82, 2.24) is 0 Å². The van der Waals surface area contributed by atoms with Gasteiger partial charge in [-0.3, -0.25) is 9.59 Å². The van der Waals surface area contributed by atoms with Gasteiger partial charge in [-0.15, -0.1) is 0 Å². The molecule has 0 aromatic rings. The van der Waals surface area contributed by atoms with Crippen LogP contribution in [-0.4, -0.2) is 24.2 Å². The van der Waals surface area contributed by atoms with Crippen LogP contribution in [0.5, 0.6) is 0 Å². The smallest absolute Gasteiger partial charge is 0.146 e. The van der Waals surface area contributed by atoms with E-state index in [0.717, 1.165) is 0 Å². The van der Waals surface area contributed by atoms with Crippen LogP contribution in [0.1, 0.15) is 41.0 Å². The van der Waals surface area contributed by atoms with Gasteiger partial charge >= 0.3 is 0 Å². The minimum atomic E-state index is -0.269. The first-order valence-electron chi connectivity index (χ1n) is 5.81. The van der Waals surface area contributed by atoms with Gasteiger partial charge in [-0.1, -0.05) is 20.8 Å². The third-order valence-electron chi connectivity index (χ3n) is 1.15. The molecule has 4 N–H and O–H groups in total. The first kappa shape index (κ1) is 13.3. The summed E-state index contributed by atoms with van der Waals surface area (Å²) in [6.45, 7) is 8.94. The zero-order valence-corrected chi connectivity index (χ0v) is 9.81. The van der Waals surface area contributed by atoms with Crippen molar-refractivity contribution >= 4 is 11.6 Å². The van der Waals surface area contributed by atoms with E-state index < -0.39 is 0 Å². The van der Waals surface area contributed by atoms with Gasteiger partial charge in [0.25, 0.3) is 0 Å². The van der Waals surface area contributed by atoms with Crippen LogP contribution in [0, 0.1) is 0 Å². The highest BCUT2D eigenvalue weighted by Gasteiger charge is 2.01. The molecule has 0 saturated carbocycles. The number of nitrogens with two attached hydrogens (primary N) is 2. The van der Waals surface area contributed by atoms with E-state index in [-0.39, 0.29) is 24.2 Å². The second-order valence-electron chi connectivity index (χ2n) is 2.45. The van der Waals surface area contributed by atoms with Gasteiger partial charge in [-0.25, -0.2) is 0 Å². The van der Waals surface area contributed by atoms with Gasteiger partial charge in [0.2, 0.25) is 0 Å². The third-order valence-corrected chi connectivity index (χ3v) is 1.15. The monoisotopic (exact) mass is 206 g/mol. The van der Waals surface area contributed by atoms with Crippen molar-refractivity contribution < 1.29 is 12.4 Å². The summed E-state index contributed by atoms with van der Waals surface area (Å²) in [5.74, 6) is 0.0208. The van der Waals surface area contributed by atoms with Crippen molar-refractivity contribution in [3.8, 4) is 0 Å². The Hall–Kier alpha value is -0.740. The van der Waals surface area contributed by atoms with Crippen molar-refractivity contribution in [2.75, 3.05) is 6.54 Å². The van der Waals surface area contributed by atoms with Crippen LogP contribution in [0.2, 0.25) is 2.82 Å². The van der Waals surface area contributed by atoms with Crippen molar-refractivity contribution in [3.63, 3.8) is 0 Å². The number of hydrogen-bond donors (Lipinski definition) is 2. The third kappa shape index (κ3) is 22.5. The van der Waals surface area contributed by atoms with Crippen LogP contribution < -0.4 is 11.5 Å². The molecular formula is C10H24N2O2. The number of Topliss-reactive ketones (excluding diaryl/α,β-unsaturated/α-hetero) is 2. The lowest BCUT2D eigenvalue weighted by atomic mass is 10.2. The van der Waals surface area contributed by atoms with Crippen LogP contribution in [0.4, 0.5) is 0 Å². The summed E-state index contributed by atoms with van der Waals surface area (Å²) >= 11 is 0. The van der Waals surface area contributed by atoms with E-state index in [2.05, 4.69) is 5.73 Å². The van der Waals surface area contributed by atoms with E-state index >= 15 is 0 Å². The molecule has 86 valence electrons. The maximum Gasteiger partial charge on any atom is 0.146 e. The summed E-state index contributed by atoms with van der Waals surface area (Å²) < 4.78 is 12.9. The van der Waals surface area contributed by atoms with Gasteiger partial charge < -0.3 is 11.5 Å². The van der Waals surface area contributed by atoms with Crippen molar-refractivity contribution in [2.45, 2.75) is 47.1 Å². The maximum absolute atomic E-state index is 10.4. The molecule has 0 bridgehead atoms. The zero-order valence-electron chi connectivity index (χ0n) is 11.8. The fourth-order valence-electron chi connectivity index (χ4n) is 0.287. The molecule has 0 aliphatic heterocycles. The topological polar surface area (TPSA) is 86.2 Å². The Bertz CT molecular complexity index is 174. The predicted molar refractivity (Wildman–Crippen MR) is 60.0 cm³/mol. The molecule has 0 aromatic heterocycles. The highest BCUT2D eigenvalue weighted by atomic mass is 16.1. The van der Waals surface area contributed by atoms with Crippen LogP contribution in [0.15, 0.2) is 0 Å². The van der Waals surface area contributed by atoms with Gasteiger partial charge in [-0.2, -0.15) is 0 Å². The molecular weight excluding hydrogens is 180 g/mol. The van der Waals surface area contributed by atoms with Gasteiger partial charge in [0.15, 0.2) is 0 Å². The van der Waals surface area contributed by atoms with Crippen LogP contribution >= 0.6 is 0 Å². The van der Waals surface area contributed by atoms with E-state index in [1.54, 1.807) is 0 Å². The van der Waals surface area contributed by atoms with Crippen LogP contribution in [-0.2, 0) is 9.59 Å². The maximum atomic E-state index is 10.4. The standard InChI is InChI=1S/C5H11NO.C3H7NO.C2H6/c1-3-5(6)4(2)7;1-3(5)2-4;1-2/h5H,3,6H2,1-2H3;2,4H2,1H3;1-2H3/i/hD2. The predicted octanol–water partition coefficient (Wildman–Crippen LogP) is 0.873. The van der Waals surface area contributed by atoms with Crippen molar-refractivity contribution in [1.29, 1.82) is 0 Å². The number of carbonyl (C=O) groups is 2. The van der Waals surface area contributed by atoms with E-state index in [1.165, 1.54) is 13.8 Å². The lowest BCUT2D eigenvalue weighted by Gasteiger charge is -1.99. The molecule has 0 aromatic carbocycles. The minimum absolute atomic E-state index is 0.00926. The summed E-state index contributed by atoms with van der Waals surface area (Å²) in [6.07, 6.45) is 0.693. The van der Waals surface area contributed by atoms with Gasteiger partial charge in [0, 0.05) is 0 Å². The molecule has 0 amide bonds. The Balaban J connectivity index is -0.000000188. The molecule has 0 aliphatic rings. The first-order valence-corrected chi connectivity index (χ1v) is 4.81. The first-order chi connectivity index (χ1) is 7.49. The van der Waals surface area contributed by atoms with Gasteiger partial charge in [-0.05, 0) is 20.3 Å². The van der Waals surface area contributed by atoms with E-state index in [9.17, 15) is 9.59 Å². The summed E-state index contributed by atoms with van der Waals surface area (Å²) in [5.41, 5.74) is 4.12. The Morgan fingerprint density at radius 3 is 1.86 bits per heavy atom. The summed E-state index contributed by atoms with van der Waals surface area (Å²) in [7, 11) is 0. The van der Waals surface area contributed by atoms with E-state index in [1.807, 2.05) is 26.5 Å². The molecule has 0 aliphatic carbocycles. The summed E-state index contributed by atoms with van der Waals surface area (Å²) in [4.78, 5) is 20.3. The molecule has 4 heteroatoms. The Morgan fingerprint density at radius 2 is 1.86 bits per heavy atom. The molecule has 0 saturated heterocycles.